The molecule has 2 aromatic rings. The van der Waals surface area contributed by atoms with E-state index in [1.807, 2.05) is 0 Å². The fourth-order valence-corrected chi connectivity index (χ4v) is 2.65. The van der Waals surface area contributed by atoms with Gasteiger partial charge in [0, 0.05) is 6.20 Å². The second-order valence-corrected chi connectivity index (χ2v) is 5.97. The molecular weight excluding hydrogens is 430 g/mol. The Balaban J connectivity index is 2.13. The van der Waals surface area contributed by atoms with Crippen molar-refractivity contribution < 1.29 is 24.2 Å². The highest BCUT2D eigenvalue weighted by molar-refractivity contribution is 9.10. The van der Waals surface area contributed by atoms with Gasteiger partial charge in [-0.05, 0) is 45.8 Å². The van der Waals surface area contributed by atoms with Gasteiger partial charge in [0.05, 0.1) is 23.4 Å². The molecule has 0 radical (unpaired) electrons. The number of amides is 1. The second kappa shape index (κ2) is 9.16. The van der Waals surface area contributed by atoms with E-state index in [-0.39, 0.29) is 16.5 Å². The molecule has 0 bridgehead atoms. The van der Waals surface area contributed by atoms with Crippen molar-refractivity contribution in [1.82, 2.24) is 10.4 Å². The molecule has 26 heavy (non-hydrogen) atoms. The number of aromatic nitrogens is 1. The third-order valence-corrected chi connectivity index (χ3v) is 3.87. The van der Waals surface area contributed by atoms with Crippen molar-refractivity contribution in [2.75, 3.05) is 13.7 Å². The number of carbonyl (C=O) groups is 2. The van der Waals surface area contributed by atoms with Crippen LogP contribution in [0.3, 0.4) is 0 Å². The number of pyridine rings is 1. The minimum absolute atomic E-state index is 0.0737. The van der Waals surface area contributed by atoms with Gasteiger partial charge in [-0.15, -0.1) is 0 Å². The SMILES string of the molecule is COc1cc(C=NNC(=O)c2cccnc2Cl)cc(Br)c1OCC(=O)O. The van der Waals surface area contributed by atoms with E-state index < -0.39 is 18.5 Å². The lowest BCUT2D eigenvalue weighted by Crippen LogP contribution is -2.18. The molecule has 0 atom stereocenters. The Hall–Kier alpha value is -2.65. The summed E-state index contributed by atoms with van der Waals surface area (Å²) in [6, 6.07) is 6.32. The zero-order valence-corrected chi connectivity index (χ0v) is 15.7. The Morgan fingerprint density at radius 2 is 2.23 bits per heavy atom. The van der Waals surface area contributed by atoms with E-state index in [0.29, 0.717) is 15.8 Å². The number of ether oxygens (including phenoxy) is 2. The first-order chi connectivity index (χ1) is 12.4. The molecular formula is C16H13BrClN3O5. The summed E-state index contributed by atoms with van der Waals surface area (Å²) in [5, 5.41) is 12.6. The van der Waals surface area contributed by atoms with E-state index in [1.165, 1.54) is 25.6 Å². The maximum absolute atomic E-state index is 12.0. The Morgan fingerprint density at radius 1 is 1.46 bits per heavy atom. The number of methoxy groups -OCH3 is 1. The number of nitrogens with zero attached hydrogens (tertiary/aromatic N) is 2. The first-order valence-corrected chi connectivity index (χ1v) is 8.25. The quantitative estimate of drug-likeness (QED) is 0.388. The van der Waals surface area contributed by atoms with Crippen molar-refractivity contribution in [3.05, 3.63) is 51.2 Å². The van der Waals surface area contributed by atoms with Gasteiger partial charge >= 0.3 is 5.97 Å². The number of carboxylic acid groups (broad SMARTS) is 1. The predicted molar refractivity (Wildman–Crippen MR) is 98.1 cm³/mol. The van der Waals surface area contributed by atoms with Gasteiger partial charge in [0.2, 0.25) is 0 Å². The van der Waals surface area contributed by atoms with E-state index >= 15 is 0 Å². The van der Waals surface area contributed by atoms with Crippen LogP contribution in [-0.2, 0) is 4.79 Å². The highest BCUT2D eigenvalue weighted by Crippen LogP contribution is 2.36. The fraction of sp³-hybridized carbons (Fsp3) is 0.125. The van der Waals surface area contributed by atoms with E-state index in [2.05, 4.69) is 31.4 Å². The van der Waals surface area contributed by atoms with Crippen molar-refractivity contribution in [1.29, 1.82) is 0 Å². The number of benzene rings is 1. The molecule has 0 saturated carbocycles. The van der Waals surface area contributed by atoms with Crippen molar-refractivity contribution in [3.63, 3.8) is 0 Å². The minimum Gasteiger partial charge on any atom is -0.493 e. The molecule has 0 aliphatic heterocycles. The van der Waals surface area contributed by atoms with E-state index in [0.717, 1.165) is 0 Å². The largest absolute Gasteiger partial charge is 0.493 e. The van der Waals surface area contributed by atoms with Crippen LogP contribution in [0.15, 0.2) is 40.0 Å². The van der Waals surface area contributed by atoms with Gasteiger partial charge in [-0.25, -0.2) is 15.2 Å². The van der Waals surface area contributed by atoms with E-state index in [9.17, 15) is 9.59 Å². The standard InChI is InChI=1S/C16H13BrClN3O5/c1-25-12-6-9(5-11(17)14(12)26-8-13(22)23)7-20-21-16(24)10-3-2-4-19-15(10)18/h2-7H,8H2,1H3,(H,21,24)(H,22,23). The molecule has 0 aliphatic carbocycles. The molecule has 10 heteroatoms. The van der Waals surface area contributed by atoms with Crippen LogP contribution in [0.5, 0.6) is 11.5 Å². The molecule has 0 fully saturated rings. The first kappa shape index (κ1) is 19.7. The number of hydrogen-bond donors (Lipinski definition) is 2. The van der Waals surface area contributed by atoms with Crippen molar-refractivity contribution in [3.8, 4) is 11.5 Å². The molecule has 1 aromatic heterocycles. The summed E-state index contributed by atoms with van der Waals surface area (Å²) >= 11 is 9.13. The lowest BCUT2D eigenvalue weighted by Gasteiger charge is -2.12. The molecule has 0 spiro atoms. The monoisotopic (exact) mass is 441 g/mol. The molecule has 1 heterocycles. The van der Waals surface area contributed by atoms with Gasteiger partial charge in [0.25, 0.3) is 5.91 Å². The highest BCUT2D eigenvalue weighted by Gasteiger charge is 2.13. The van der Waals surface area contributed by atoms with Crippen LogP contribution in [-0.4, -0.2) is 41.9 Å². The smallest absolute Gasteiger partial charge is 0.341 e. The molecule has 136 valence electrons. The number of hydrogen-bond acceptors (Lipinski definition) is 6. The summed E-state index contributed by atoms with van der Waals surface area (Å²) in [4.78, 5) is 26.4. The minimum atomic E-state index is -1.11. The van der Waals surface area contributed by atoms with E-state index in [1.54, 1.807) is 18.2 Å². The Bertz CT molecular complexity index is 860. The van der Waals surface area contributed by atoms with Crippen molar-refractivity contribution >= 4 is 45.6 Å². The van der Waals surface area contributed by atoms with Crippen LogP contribution in [0, 0.1) is 0 Å². The summed E-state index contributed by atoms with van der Waals surface area (Å²) in [6.07, 6.45) is 2.86. The highest BCUT2D eigenvalue weighted by atomic mass is 79.9. The summed E-state index contributed by atoms with van der Waals surface area (Å²) in [5.74, 6) is -1.06. The summed E-state index contributed by atoms with van der Waals surface area (Å²) in [5.41, 5.74) is 3.12. The topological polar surface area (TPSA) is 110 Å². The summed E-state index contributed by atoms with van der Waals surface area (Å²) < 4.78 is 10.8. The number of rotatable bonds is 7. The number of hydrazone groups is 1. The summed E-state index contributed by atoms with van der Waals surface area (Å²) in [6.45, 7) is -0.510. The third-order valence-electron chi connectivity index (χ3n) is 2.98. The molecule has 0 aliphatic rings. The summed E-state index contributed by atoms with van der Waals surface area (Å²) in [7, 11) is 1.42. The molecule has 0 saturated heterocycles. The number of nitrogens with one attached hydrogen (secondary N) is 1. The molecule has 8 nitrogen and oxygen atoms in total. The van der Waals surface area contributed by atoms with Gasteiger partial charge < -0.3 is 14.6 Å². The fourth-order valence-electron chi connectivity index (χ4n) is 1.87. The van der Waals surface area contributed by atoms with Crippen LogP contribution < -0.4 is 14.9 Å². The molecule has 0 unspecified atom stereocenters. The Labute approximate surface area is 161 Å². The van der Waals surface area contributed by atoms with Gasteiger partial charge in [0.1, 0.15) is 5.15 Å². The lowest BCUT2D eigenvalue weighted by molar-refractivity contribution is -0.139. The Kier molecular flexibility index (Phi) is 6.93. The average Bonchev–Trinajstić information content (AvgIpc) is 2.60. The van der Waals surface area contributed by atoms with Crippen molar-refractivity contribution in [2.45, 2.75) is 0 Å². The van der Waals surface area contributed by atoms with Gasteiger partial charge in [-0.3, -0.25) is 4.79 Å². The van der Waals surface area contributed by atoms with Crippen LogP contribution >= 0.6 is 27.5 Å². The Morgan fingerprint density at radius 3 is 2.88 bits per heavy atom. The lowest BCUT2D eigenvalue weighted by atomic mass is 10.2. The molecule has 2 rings (SSSR count). The van der Waals surface area contributed by atoms with Crippen LogP contribution in [0.1, 0.15) is 15.9 Å². The molecule has 1 amide bonds. The maximum atomic E-state index is 12.0. The normalized spacial score (nSPS) is 10.6. The third kappa shape index (κ3) is 5.17. The number of aliphatic carboxylic acids is 1. The van der Waals surface area contributed by atoms with Gasteiger partial charge in [-0.1, -0.05) is 11.6 Å². The first-order valence-electron chi connectivity index (χ1n) is 7.08. The average molecular weight is 443 g/mol. The van der Waals surface area contributed by atoms with Crippen LogP contribution in [0.25, 0.3) is 0 Å². The van der Waals surface area contributed by atoms with Gasteiger partial charge in [-0.2, -0.15) is 5.10 Å². The van der Waals surface area contributed by atoms with Crippen LogP contribution in [0.4, 0.5) is 0 Å². The number of carbonyl (C=O) groups excluding carboxylic acids is 1. The van der Waals surface area contributed by atoms with Crippen LogP contribution in [0.2, 0.25) is 5.15 Å². The molecule has 2 N–H and O–H groups in total. The predicted octanol–water partition coefficient (Wildman–Crippen LogP) is 2.73. The van der Waals surface area contributed by atoms with E-state index in [4.69, 9.17) is 26.2 Å². The second-order valence-electron chi connectivity index (χ2n) is 4.76. The maximum Gasteiger partial charge on any atom is 0.341 e. The molecule has 1 aromatic carbocycles. The number of carboxylic acids is 1. The van der Waals surface area contributed by atoms with Crippen molar-refractivity contribution in [2.24, 2.45) is 5.10 Å². The van der Waals surface area contributed by atoms with Gasteiger partial charge in [0.15, 0.2) is 18.1 Å². The number of halogens is 2. The zero-order valence-electron chi connectivity index (χ0n) is 13.4. The zero-order chi connectivity index (χ0) is 19.1.